The lowest BCUT2D eigenvalue weighted by molar-refractivity contribution is -0.197. The van der Waals surface area contributed by atoms with Gasteiger partial charge in [-0.2, -0.15) is 13.2 Å². The monoisotopic (exact) mass is 409 g/mol. The van der Waals surface area contributed by atoms with Crippen molar-refractivity contribution in [1.29, 1.82) is 0 Å². The normalized spacial score (nSPS) is 19.3. The van der Waals surface area contributed by atoms with Crippen molar-refractivity contribution in [2.24, 2.45) is 0 Å². The maximum absolute atomic E-state index is 13.9. The highest BCUT2D eigenvalue weighted by Crippen LogP contribution is 2.36. The van der Waals surface area contributed by atoms with Gasteiger partial charge in [0.15, 0.2) is 0 Å². The number of hydrogen-bond donors (Lipinski definition) is 2. The van der Waals surface area contributed by atoms with Gasteiger partial charge in [0.2, 0.25) is 0 Å². The summed E-state index contributed by atoms with van der Waals surface area (Å²) in [7, 11) is 0. The molecule has 1 aliphatic heterocycles. The lowest BCUT2D eigenvalue weighted by Gasteiger charge is -2.29. The van der Waals surface area contributed by atoms with E-state index in [0.29, 0.717) is 10.5 Å². The maximum Gasteiger partial charge on any atom is 0.440 e. The summed E-state index contributed by atoms with van der Waals surface area (Å²) in [5, 5.41) is 2.99. The molecule has 4 amide bonds. The third kappa shape index (κ3) is 3.30. The van der Waals surface area contributed by atoms with Crippen LogP contribution >= 0.6 is 0 Å². The lowest BCUT2D eigenvalue weighted by atomic mass is 10.1. The molecule has 1 aliphatic rings. The number of rotatable bonds is 3. The summed E-state index contributed by atoms with van der Waals surface area (Å²) >= 11 is 0. The average Bonchev–Trinajstić information content (AvgIpc) is 2.88. The van der Waals surface area contributed by atoms with Gasteiger partial charge in [-0.3, -0.25) is 14.9 Å². The summed E-state index contributed by atoms with van der Waals surface area (Å²) < 4.78 is 55.4. The van der Waals surface area contributed by atoms with Crippen LogP contribution in [0.4, 0.5) is 28.0 Å². The number of nitrogens with one attached hydrogen (secondary N) is 2. The van der Waals surface area contributed by atoms with E-state index in [-0.39, 0.29) is 5.69 Å². The minimum atomic E-state index is -5.39. The molecule has 2 aromatic rings. The van der Waals surface area contributed by atoms with E-state index >= 15 is 0 Å². The standard InChI is InChI=1S/C19H15F4N3O3/c1-10-7-8-12(9-11(10)2)26-16(28)18(19(21,22)23,25-17(26)29)24-15(27)13-5-3-4-6-14(13)20/h3-9H,1-2H3,(H,24,27)(H,25,29)/t18-/m1/s1. The quantitative estimate of drug-likeness (QED) is 0.604. The number of urea groups is 1. The molecule has 0 unspecified atom stereocenters. The van der Waals surface area contributed by atoms with E-state index in [1.54, 1.807) is 13.8 Å². The highest BCUT2D eigenvalue weighted by atomic mass is 19.4. The summed E-state index contributed by atoms with van der Waals surface area (Å²) in [5.74, 6) is -4.33. The summed E-state index contributed by atoms with van der Waals surface area (Å²) in [6.07, 6.45) is -5.39. The van der Waals surface area contributed by atoms with Crippen LogP contribution in [0.15, 0.2) is 42.5 Å². The Morgan fingerprint density at radius 2 is 1.72 bits per heavy atom. The van der Waals surface area contributed by atoms with E-state index in [4.69, 9.17) is 0 Å². The minimum absolute atomic E-state index is 0.0955. The van der Waals surface area contributed by atoms with Crippen LogP contribution in [0.2, 0.25) is 0 Å². The lowest BCUT2D eigenvalue weighted by Crippen LogP contribution is -2.69. The summed E-state index contributed by atoms with van der Waals surface area (Å²) in [5.41, 5.74) is -3.09. The van der Waals surface area contributed by atoms with Crippen LogP contribution in [0, 0.1) is 19.7 Å². The summed E-state index contributed by atoms with van der Waals surface area (Å²) in [6, 6.07) is 7.18. The Bertz CT molecular complexity index is 1020. The number of nitrogens with zero attached hydrogens (tertiary/aromatic N) is 1. The molecule has 0 saturated carbocycles. The third-order valence-electron chi connectivity index (χ3n) is 4.61. The molecule has 10 heteroatoms. The molecule has 0 aliphatic carbocycles. The first-order valence-electron chi connectivity index (χ1n) is 8.35. The van der Waals surface area contributed by atoms with Crippen molar-refractivity contribution < 1.29 is 31.9 Å². The van der Waals surface area contributed by atoms with Crippen molar-refractivity contribution in [2.45, 2.75) is 25.7 Å². The molecule has 1 atom stereocenters. The number of carbonyl (C=O) groups is 3. The zero-order chi connectivity index (χ0) is 21.6. The van der Waals surface area contributed by atoms with Crippen LogP contribution in [0.3, 0.4) is 0 Å². The molecule has 0 bridgehead atoms. The molecule has 0 aromatic heterocycles. The fourth-order valence-corrected chi connectivity index (χ4v) is 2.86. The molecule has 2 aromatic carbocycles. The van der Waals surface area contributed by atoms with Crippen molar-refractivity contribution in [3.05, 3.63) is 65.0 Å². The first-order chi connectivity index (χ1) is 13.5. The molecule has 6 nitrogen and oxygen atoms in total. The van der Waals surface area contributed by atoms with Gasteiger partial charge in [-0.1, -0.05) is 18.2 Å². The Morgan fingerprint density at radius 3 is 2.31 bits per heavy atom. The summed E-state index contributed by atoms with van der Waals surface area (Å²) in [6.45, 7) is 3.41. The molecule has 0 spiro atoms. The Morgan fingerprint density at radius 1 is 1.07 bits per heavy atom. The number of alkyl halides is 3. The van der Waals surface area contributed by atoms with Gasteiger partial charge < -0.3 is 5.32 Å². The van der Waals surface area contributed by atoms with Crippen molar-refractivity contribution in [1.82, 2.24) is 10.6 Å². The molecular weight excluding hydrogens is 394 g/mol. The highest BCUT2D eigenvalue weighted by molar-refractivity contribution is 6.24. The van der Waals surface area contributed by atoms with E-state index in [9.17, 15) is 31.9 Å². The second-order valence-electron chi connectivity index (χ2n) is 6.52. The second-order valence-corrected chi connectivity index (χ2v) is 6.52. The van der Waals surface area contributed by atoms with Gasteiger partial charge in [-0.15, -0.1) is 0 Å². The SMILES string of the molecule is Cc1ccc(N2C(=O)N[C@@](NC(=O)c3ccccc3F)(C(F)(F)F)C2=O)cc1C. The predicted octanol–water partition coefficient (Wildman–Crippen LogP) is 3.19. The van der Waals surface area contributed by atoms with Crippen molar-refractivity contribution >= 4 is 23.5 Å². The Kier molecular flexibility index (Phi) is 4.81. The highest BCUT2D eigenvalue weighted by Gasteiger charge is 2.69. The second kappa shape index (κ2) is 6.87. The molecule has 1 heterocycles. The Hall–Kier alpha value is -3.43. The smallest absolute Gasteiger partial charge is 0.314 e. The number of carbonyl (C=O) groups excluding carboxylic acids is 3. The van der Waals surface area contributed by atoms with E-state index in [0.717, 1.165) is 17.7 Å². The van der Waals surface area contributed by atoms with Crippen LogP contribution in [-0.4, -0.2) is 29.7 Å². The summed E-state index contributed by atoms with van der Waals surface area (Å²) in [4.78, 5) is 37.6. The van der Waals surface area contributed by atoms with Gasteiger partial charge in [-0.25, -0.2) is 14.1 Å². The van der Waals surface area contributed by atoms with E-state index in [1.165, 1.54) is 41.0 Å². The molecule has 29 heavy (non-hydrogen) atoms. The van der Waals surface area contributed by atoms with E-state index in [1.807, 2.05) is 0 Å². The van der Waals surface area contributed by atoms with Crippen molar-refractivity contribution in [3.63, 3.8) is 0 Å². The van der Waals surface area contributed by atoms with Crippen LogP contribution in [0.25, 0.3) is 0 Å². The fraction of sp³-hybridized carbons (Fsp3) is 0.211. The van der Waals surface area contributed by atoms with Gasteiger partial charge in [-0.05, 0) is 49.2 Å². The van der Waals surface area contributed by atoms with Crippen LogP contribution in [0.5, 0.6) is 0 Å². The van der Waals surface area contributed by atoms with Gasteiger partial charge in [0.1, 0.15) is 5.82 Å². The van der Waals surface area contributed by atoms with Crippen LogP contribution in [-0.2, 0) is 4.79 Å². The van der Waals surface area contributed by atoms with Gasteiger partial charge in [0.05, 0.1) is 11.3 Å². The zero-order valence-corrected chi connectivity index (χ0v) is 15.2. The van der Waals surface area contributed by atoms with Crippen molar-refractivity contribution in [2.75, 3.05) is 4.90 Å². The van der Waals surface area contributed by atoms with Gasteiger partial charge in [0.25, 0.3) is 17.5 Å². The molecule has 0 radical (unpaired) electrons. The number of anilines is 1. The molecule has 1 fully saturated rings. The zero-order valence-electron chi connectivity index (χ0n) is 15.2. The third-order valence-corrected chi connectivity index (χ3v) is 4.61. The van der Waals surface area contributed by atoms with E-state index in [2.05, 4.69) is 0 Å². The number of imide groups is 1. The first kappa shape index (κ1) is 20.3. The number of aryl methyl sites for hydroxylation is 2. The molecule has 2 N–H and O–H groups in total. The number of halogens is 4. The molecule has 1 saturated heterocycles. The minimum Gasteiger partial charge on any atom is -0.314 e. The first-order valence-corrected chi connectivity index (χ1v) is 8.35. The maximum atomic E-state index is 13.9. The fourth-order valence-electron chi connectivity index (χ4n) is 2.86. The molecule has 3 rings (SSSR count). The van der Waals surface area contributed by atoms with Gasteiger partial charge >= 0.3 is 12.2 Å². The largest absolute Gasteiger partial charge is 0.440 e. The number of amides is 4. The average molecular weight is 409 g/mol. The Labute approximate surface area is 162 Å². The van der Waals surface area contributed by atoms with E-state index < -0.39 is 41.1 Å². The number of benzene rings is 2. The van der Waals surface area contributed by atoms with Crippen LogP contribution in [0.1, 0.15) is 21.5 Å². The number of hydrogen-bond acceptors (Lipinski definition) is 3. The predicted molar refractivity (Wildman–Crippen MR) is 94.6 cm³/mol. The van der Waals surface area contributed by atoms with Crippen molar-refractivity contribution in [3.8, 4) is 0 Å². The van der Waals surface area contributed by atoms with Gasteiger partial charge in [0, 0.05) is 0 Å². The Balaban J connectivity index is 2.04. The van der Waals surface area contributed by atoms with Crippen LogP contribution < -0.4 is 15.5 Å². The molecule has 152 valence electrons. The molecular formula is C19H15F4N3O3. The topological polar surface area (TPSA) is 78.5 Å².